The second-order valence-corrected chi connectivity index (χ2v) is 5.01. The summed E-state index contributed by atoms with van der Waals surface area (Å²) in [4.78, 5) is 0. The van der Waals surface area contributed by atoms with Crippen molar-refractivity contribution in [2.75, 3.05) is 0 Å². The number of rotatable bonds is 3. The van der Waals surface area contributed by atoms with Gasteiger partial charge in [-0.3, -0.25) is 0 Å². The van der Waals surface area contributed by atoms with Crippen LogP contribution in [0.3, 0.4) is 0 Å². The zero-order valence-corrected chi connectivity index (χ0v) is 11.4. The molecule has 0 saturated carbocycles. The fraction of sp³-hybridized carbons (Fsp3) is 0.143. The van der Waals surface area contributed by atoms with Crippen molar-refractivity contribution in [3.8, 4) is 11.5 Å². The molecule has 0 aliphatic heterocycles. The van der Waals surface area contributed by atoms with E-state index in [1.54, 1.807) is 12.1 Å². The quantitative estimate of drug-likeness (QED) is 0.840. The van der Waals surface area contributed by atoms with Crippen molar-refractivity contribution in [1.82, 2.24) is 0 Å². The molecule has 0 unspecified atom stereocenters. The van der Waals surface area contributed by atoms with Crippen molar-refractivity contribution in [2.24, 2.45) is 0 Å². The molecule has 3 heteroatoms. The van der Waals surface area contributed by atoms with E-state index in [9.17, 15) is 10.2 Å². The van der Waals surface area contributed by atoms with Crippen molar-refractivity contribution in [3.63, 3.8) is 0 Å². The molecule has 0 heterocycles. The van der Waals surface area contributed by atoms with Crippen LogP contribution in [-0.4, -0.2) is 10.2 Å². The van der Waals surface area contributed by atoms with Crippen molar-refractivity contribution in [2.45, 2.75) is 12.8 Å². The Morgan fingerprint density at radius 1 is 0.824 bits per heavy atom. The van der Waals surface area contributed by atoms with Gasteiger partial charge in [-0.05, 0) is 58.7 Å². The molecule has 0 radical (unpaired) electrons. The van der Waals surface area contributed by atoms with Gasteiger partial charge in [-0.2, -0.15) is 0 Å². The van der Waals surface area contributed by atoms with Crippen LogP contribution in [0.15, 0.2) is 42.5 Å². The highest BCUT2D eigenvalue weighted by Crippen LogP contribution is 2.30. The highest BCUT2D eigenvalue weighted by atomic mass is 127. The van der Waals surface area contributed by atoms with Crippen molar-refractivity contribution < 1.29 is 10.2 Å². The molecule has 2 aromatic carbocycles. The fourth-order valence-corrected chi connectivity index (χ4v) is 2.04. The van der Waals surface area contributed by atoms with Gasteiger partial charge in [0.05, 0.1) is 3.57 Å². The summed E-state index contributed by atoms with van der Waals surface area (Å²) in [7, 11) is 0. The maximum atomic E-state index is 9.61. The van der Waals surface area contributed by atoms with Crippen LogP contribution in [0.2, 0.25) is 0 Å². The minimum atomic E-state index is 0.147. The van der Waals surface area contributed by atoms with E-state index < -0.39 is 0 Å². The molecule has 2 N–H and O–H groups in total. The number of phenolic OH excluding ortho intramolecular Hbond substituents is 2. The van der Waals surface area contributed by atoms with E-state index in [0.29, 0.717) is 3.57 Å². The minimum Gasteiger partial charge on any atom is -0.507 e. The molecular formula is C14H13IO2. The van der Waals surface area contributed by atoms with Crippen molar-refractivity contribution >= 4 is 22.6 Å². The van der Waals surface area contributed by atoms with Crippen LogP contribution in [0, 0.1) is 3.57 Å². The molecule has 0 spiro atoms. The number of aryl methyl sites for hydroxylation is 2. The number of hydrogen-bond donors (Lipinski definition) is 2. The van der Waals surface area contributed by atoms with E-state index >= 15 is 0 Å². The monoisotopic (exact) mass is 340 g/mol. The summed E-state index contributed by atoms with van der Waals surface area (Å²) in [6, 6.07) is 13.6. The number of benzene rings is 2. The van der Waals surface area contributed by atoms with Gasteiger partial charge in [0.15, 0.2) is 0 Å². The van der Waals surface area contributed by atoms with E-state index in [4.69, 9.17) is 0 Å². The van der Waals surface area contributed by atoms with Gasteiger partial charge in [-0.25, -0.2) is 0 Å². The summed E-state index contributed by atoms with van der Waals surface area (Å²) in [6.07, 6.45) is 1.71. The van der Waals surface area contributed by atoms with E-state index in [1.807, 2.05) is 40.8 Å². The maximum Gasteiger partial charge on any atom is 0.132 e. The van der Waals surface area contributed by atoms with Gasteiger partial charge in [0, 0.05) is 0 Å². The Bertz CT molecular complexity index is 486. The zero-order chi connectivity index (χ0) is 12.3. The first-order chi connectivity index (χ1) is 8.16. The Balaban J connectivity index is 2.10. The summed E-state index contributed by atoms with van der Waals surface area (Å²) in [5.74, 6) is 0.294. The number of phenols is 2. The predicted octanol–water partition coefficient (Wildman–Crippen LogP) is 3.49. The molecule has 88 valence electrons. The van der Waals surface area contributed by atoms with Gasteiger partial charge >= 0.3 is 0 Å². The highest BCUT2D eigenvalue weighted by Gasteiger charge is 2.06. The standard InChI is InChI=1S/C14H13IO2/c15-14-12(16)8-11(9-13(14)17)7-6-10-4-2-1-3-5-10/h1-5,8-9,16-17H,6-7H2. The Morgan fingerprint density at radius 2 is 1.35 bits per heavy atom. The molecule has 2 nitrogen and oxygen atoms in total. The molecule has 0 amide bonds. The largest absolute Gasteiger partial charge is 0.507 e. The van der Waals surface area contributed by atoms with Gasteiger partial charge in [-0.1, -0.05) is 30.3 Å². The zero-order valence-electron chi connectivity index (χ0n) is 9.23. The Morgan fingerprint density at radius 3 is 1.94 bits per heavy atom. The van der Waals surface area contributed by atoms with Crippen LogP contribution >= 0.6 is 22.6 Å². The summed E-state index contributed by atoms with van der Waals surface area (Å²) in [5, 5.41) is 19.2. The maximum absolute atomic E-state index is 9.61. The third kappa shape index (κ3) is 3.12. The van der Waals surface area contributed by atoms with Crippen molar-refractivity contribution in [3.05, 3.63) is 57.2 Å². The fourth-order valence-electron chi connectivity index (χ4n) is 1.73. The van der Waals surface area contributed by atoms with Crippen LogP contribution in [0.4, 0.5) is 0 Å². The van der Waals surface area contributed by atoms with Crippen LogP contribution < -0.4 is 0 Å². The van der Waals surface area contributed by atoms with Gasteiger partial charge < -0.3 is 10.2 Å². The molecule has 0 aromatic heterocycles. The molecule has 17 heavy (non-hydrogen) atoms. The first-order valence-electron chi connectivity index (χ1n) is 5.41. The van der Waals surface area contributed by atoms with E-state index in [-0.39, 0.29) is 11.5 Å². The summed E-state index contributed by atoms with van der Waals surface area (Å²) in [6.45, 7) is 0. The molecule has 0 fully saturated rings. The first kappa shape index (κ1) is 12.2. The predicted molar refractivity (Wildman–Crippen MR) is 76.3 cm³/mol. The second-order valence-electron chi connectivity index (χ2n) is 3.93. The van der Waals surface area contributed by atoms with Gasteiger partial charge in [0.1, 0.15) is 11.5 Å². The number of hydrogen-bond acceptors (Lipinski definition) is 2. The lowest BCUT2D eigenvalue weighted by molar-refractivity contribution is 0.442. The lowest BCUT2D eigenvalue weighted by atomic mass is 10.0. The summed E-state index contributed by atoms with van der Waals surface area (Å²) in [5.41, 5.74) is 2.20. The lowest BCUT2D eigenvalue weighted by Crippen LogP contribution is -1.91. The molecule has 0 saturated heterocycles. The molecule has 0 atom stereocenters. The van der Waals surface area contributed by atoms with Gasteiger partial charge in [0.2, 0.25) is 0 Å². The number of aromatic hydroxyl groups is 2. The average Bonchev–Trinajstić information content (AvgIpc) is 2.34. The van der Waals surface area contributed by atoms with E-state index in [1.165, 1.54) is 5.56 Å². The molecule has 0 aliphatic carbocycles. The van der Waals surface area contributed by atoms with Crippen LogP contribution in [0.1, 0.15) is 11.1 Å². The SMILES string of the molecule is Oc1cc(CCc2ccccc2)cc(O)c1I. The van der Waals surface area contributed by atoms with Crippen LogP contribution in [-0.2, 0) is 12.8 Å². The average molecular weight is 340 g/mol. The van der Waals surface area contributed by atoms with Crippen LogP contribution in [0.25, 0.3) is 0 Å². The lowest BCUT2D eigenvalue weighted by Gasteiger charge is -2.06. The first-order valence-corrected chi connectivity index (χ1v) is 6.49. The smallest absolute Gasteiger partial charge is 0.132 e. The van der Waals surface area contributed by atoms with Crippen molar-refractivity contribution in [1.29, 1.82) is 0 Å². The third-order valence-electron chi connectivity index (χ3n) is 2.64. The summed E-state index contributed by atoms with van der Waals surface area (Å²) >= 11 is 1.93. The molecule has 0 aliphatic rings. The van der Waals surface area contributed by atoms with E-state index in [2.05, 4.69) is 12.1 Å². The van der Waals surface area contributed by atoms with Gasteiger partial charge in [0.25, 0.3) is 0 Å². The van der Waals surface area contributed by atoms with E-state index in [0.717, 1.165) is 18.4 Å². The second kappa shape index (κ2) is 5.40. The van der Waals surface area contributed by atoms with Crippen LogP contribution in [0.5, 0.6) is 11.5 Å². The minimum absolute atomic E-state index is 0.147. The highest BCUT2D eigenvalue weighted by molar-refractivity contribution is 14.1. The Kier molecular flexibility index (Phi) is 3.89. The normalized spacial score (nSPS) is 10.4. The van der Waals surface area contributed by atoms with Gasteiger partial charge in [-0.15, -0.1) is 0 Å². The molecular weight excluding hydrogens is 327 g/mol. The number of halogens is 1. The molecule has 2 aromatic rings. The summed E-state index contributed by atoms with van der Waals surface area (Å²) < 4.78 is 0.506. The third-order valence-corrected chi connectivity index (χ3v) is 3.74. The molecule has 0 bridgehead atoms. The molecule has 2 rings (SSSR count). The Hall–Kier alpha value is -1.23. The topological polar surface area (TPSA) is 40.5 Å². The Labute approximate surface area is 114 Å².